The fourth-order valence-corrected chi connectivity index (χ4v) is 4.28. The Balaban J connectivity index is 1.76. The first kappa shape index (κ1) is 25.2. The van der Waals surface area contributed by atoms with Gasteiger partial charge in [0, 0.05) is 16.5 Å². The number of hydrogen-bond acceptors (Lipinski definition) is 6. The number of benzene rings is 2. The van der Waals surface area contributed by atoms with Crippen molar-refractivity contribution in [2.24, 2.45) is 0 Å². The minimum Gasteiger partial charge on any atom is -0.383 e. The van der Waals surface area contributed by atoms with E-state index in [1.165, 1.54) is 37.0 Å². The lowest BCUT2D eigenvalue weighted by molar-refractivity contribution is -0.137. The van der Waals surface area contributed by atoms with Crippen LogP contribution >= 0.6 is 0 Å². The Bertz CT molecular complexity index is 1760. The van der Waals surface area contributed by atoms with E-state index in [-0.39, 0.29) is 29.3 Å². The molecular formula is C28H23F3N6O. The fraction of sp³-hybridized carbons (Fsp3) is 0.214. The highest BCUT2D eigenvalue weighted by molar-refractivity contribution is 5.91. The first-order valence-electron chi connectivity index (χ1n) is 11.7. The molecule has 0 saturated heterocycles. The second-order valence-corrected chi connectivity index (χ2v) is 9.46. The Morgan fingerprint density at radius 1 is 1.05 bits per heavy atom. The summed E-state index contributed by atoms with van der Waals surface area (Å²) in [6.07, 6.45) is -3.29. The van der Waals surface area contributed by atoms with Crippen molar-refractivity contribution in [3.63, 3.8) is 0 Å². The average Bonchev–Trinajstić information content (AvgIpc) is 3.20. The van der Waals surface area contributed by atoms with Crippen LogP contribution in [0.3, 0.4) is 0 Å². The average molecular weight is 517 g/mol. The molecule has 38 heavy (non-hydrogen) atoms. The minimum atomic E-state index is -4.57. The van der Waals surface area contributed by atoms with Gasteiger partial charge in [-0.05, 0) is 44.4 Å². The lowest BCUT2D eigenvalue weighted by Crippen LogP contribution is -2.14. The van der Waals surface area contributed by atoms with Crippen LogP contribution in [0.1, 0.15) is 36.2 Å². The third kappa shape index (κ3) is 4.76. The zero-order valence-electron chi connectivity index (χ0n) is 20.8. The summed E-state index contributed by atoms with van der Waals surface area (Å²) >= 11 is 0. The molecule has 5 rings (SSSR count). The zero-order chi connectivity index (χ0) is 27.2. The molecule has 0 radical (unpaired) electrons. The van der Waals surface area contributed by atoms with Crippen LogP contribution in [0.4, 0.5) is 19.0 Å². The van der Waals surface area contributed by atoms with E-state index in [0.717, 1.165) is 17.0 Å². The van der Waals surface area contributed by atoms with E-state index in [9.17, 15) is 18.3 Å². The van der Waals surface area contributed by atoms with Crippen LogP contribution in [0.5, 0.6) is 0 Å². The first-order chi connectivity index (χ1) is 17.9. The summed E-state index contributed by atoms with van der Waals surface area (Å²) in [7, 11) is 0. The standard InChI is InChI=1S/C28H23F3N6O/c1-16-7-6-8-17-13-18(24(35-23(16)17)19-9-4-5-10-20(19)28(29,30)31)14-37-26-22(25(32)33-15-34-26)21(36-37)11-12-27(2,3)38/h4-10,13,15,38H,14H2,1-3H3,(H2,32,33,34). The number of anilines is 1. The van der Waals surface area contributed by atoms with E-state index in [4.69, 9.17) is 10.7 Å². The molecule has 0 aliphatic rings. The molecule has 0 aliphatic carbocycles. The molecule has 5 aromatic rings. The molecule has 7 nitrogen and oxygen atoms in total. The van der Waals surface area contributed by atoms with E-state index in [0.29, 0.717) is 22.1 Å². The molecule has 192 valence electrons. The number of nitrogens with zero attached hydrogens (tertiary/aromatic N) is 5. The Labute approximate surface area is 216 Å². The number of aryl methyl sites for hydroxylation is 1. The number of nitrogens with two attached hydrogens (primary N) is 1. The molecule has 3 heterocycles. The minimum absolute atomic E-state index is 0.0344. The lowest BCUT2D eigenvalue weighted by atomic mass is 9.97. The Hall–Kier alpha value is -4.49. The Morgan fingerprint density at radius 2 is 1.82 bits per heavy atom. The number of hydrogen-bond donors (Lipinski definition) is 2. The molecule has 3 aromatic heterocycles. The molecule has 0 unspecified atom stereocenters. The molecular weight excluding hydrogens is 493 g/mol. The van der Waals surface area contributed by atoms with Crippen LogP contribution < -0.4 is 5.73 Å². The predicted molar refractivity (Wildman–Crippen MR) is 139 cm³/mol. The van der Waals surface area contributed by atoms with Crippen molar-refractivity contribution in [2.75, 3.05) is 5.73 Å². The number of para-hydroxylation sites is 1. The molecule has 0 atom stereocenters. The number of aromatic nitrogens is 5. The maximum Gasteiger partial charge on any atom is 0.417 e. The van der Waals surface area contributed by atoms with Crippen LogP contribution in [0, 0.1) is 18.8 Å². The van der Waals surface area contributed by atoms with Crippen molar-refractivity contribution in [2.45, 2.75) is 39.1 Å². The summed E-state index contributed by atoms with van der Waals surface area (Å²) < 4.78 is 43.5. The smallest absolute Gasteiger partial charge is 0.383 e. The van der Waals surface area contributed by atoms with E-state index in [1.54, 1.807) is 6.07 Å². The lowest BCUT2D eigenvalue weighted by Gasteiger charge is -2.17. The number of aliphatic hydroxyl groups is 1. The van der Waals surface area contributed by atoms with Crippen LogP contribution in [-0.4, -0.2) is 35.4 Å². The maximum atomic E-state index is 14.0. The molecule has 2 aromatic carbocycles. The number of pyridine rings is 1. The van der Waals surface area contributed by atoms with Crippen LogP contribution in [-0.2, 0) is 12.7 Å². The molecule has 10 heteroatoms. The van der Waals surface area contributed by atoms with Crippen LogP contribution in [0.15, 0.2) is 54.9 Å². The predicted octanol–water partition coefficient (Wildman–Crippen LogP) is 5.12. The molecule has 0 aliphatic heterocycles. The van der Waals surface area contributed by atoms with Crippen LogP contribution in [0.25, 0.3) is 33.2 Å². The second-order valence-electron chi connectivity index (χ2n) is 9.46. The summed E-state index contributed by atoms with van der Waals surface area (Å²) in [5.41, 5.74) is 6.76. The van der Waals surface area contributed by atoms with Crippen molar-refractivity contribution in [1.82, 2.24) is 24.7 Å². The largest absolute Gasteiger partial charge is 0.417 e. The van der Waals surface area contributed by atoms with Gasteiger partial charge in [0.1, 0.15) is 23.4 Å². The van der Waals surface area contributed by atoms with Gasteiger partial charge in [0.05, 0.1) is 28.7 Å². The molecule has 0 fully saturated rings. The normalized spacial score (nSPS) is 12.1. The van der Waals surface area contributed by atoms with Gasteiger partial charge in [0.15, 0.2) is 5.65 Å². The summed E-state index contributed by atoms with van der Waals surface area (Å²) in [6, 6.07) is 12.8. The number of nitrogen functional groups attached to an aromatic ring is 1. The summed E-state index contributed by atoms with van der Waals surface area (Å²) in [4.78, 5) is 13.1. The summed E-state index contributed by atoms with van der Waals surface area (Å²) in [6.45, 7) is 4.97. The third-order valence-electron chi connectivity index (χ3n) is 5.98. The van der Waals surface area contributed by atoms with Gasteiger partial charge in [-0.2, -0.15) is 18.3 Å². The highest BCUT2D eigenvalue weighted by Gasteiger charge is 2.34. The molecule has 0 saturated carbocycles. The number of alkyl halides is 3. The molecule has 0 spiro atoms. The highest BCUT2D eigenvalue weighted by atomic mass is 19.4. The molecule has 3 N–H and O–H groups in total. The summed E-state index contributed by atoms with van der Waals surface area (Å²) in [5, 5.41) is 15.8. The van der Waals surface area contributed by atoms with Gasteiger partial charge in [-0.25, -0.2) is 19.6 Å². The van der Waals surface area contributed by atoms with Gasteiger partial charge in [0.2, 0.25) is 0 Å². The summed E-state index contributed by atoms with van der Waals surface area (Å²) in [5.74, 6) is 5.69. The van der Waals surface area contributed by atoms with E-state index in [1.807, 2.05) is 31.2 Å². The van der Waals surface area contributed by atoms with Gasteiger partial charge in [-0.3, -0.25) is 0 Å². The Morgan fingerprint density at radius 3 is 2.55 bits per heavy atom. The second kappa shape index (κ2) is 9.11. The number of halogens is 3. The van der Waals surface area contributed by atoms with Crippen molar-refractivity contribution in [3.05, 3.63) is 77.2 Å². The van der Waals surface area contributed by atoms with Gasteiger partial charge in [-0.1, -0.05) is 42.3 Å². The SMILES string of the molecule is Cc1cccc2cc(Cn3nc(C#CC(C)(C)O)c4c(N)ncnc43)c(-c3ccccc3C(F)(F)F)nc12. The van der Waals surface area contributed by atoms with Crippen LogP contribution in [0.2, 0.25) is 0 Å². The van der Waals surface area contributed by atoms with E-state index in [2.05, 4.69) is 26.9 Å². The number of fused-ring (bicyclic) bond motifs is 2. The van der Waals surface area contributed by atoms with E-state index >= 15 is 0 Å². The number of rotatable bonds is 3. The van der Waals surface area contributed by atoms with Gasteiger partial charge in [-0.15, -0.1) is 0 Å². The fourth-order valence-electron chi connectivity index (χ4n) is 4.28. The van der Waals surface area contributed by atoms with Crippen molar-refractivity contribution >= 4 is 27.8 Å². The monoisotopic (exact) mass is 516 g/mol. The first-order valence-corrected chi connectivity index (χ1v) is 11.7. The van der Waals surface area contributed by atoms with Crippen molar-refractivity contribution < 1.29 is 18.3 Å². The van der Waals surface area contributed by atoms with E-state index < -0.39 is 17.3 Å². The highest BCUT2D eigenvalue weighted by Crippen LogP contribution is 2.38. The van der Waals surface area contributed by atoms with Gasteiger partial charge >= 0.3 is 6.18 Å². The Kier molecular flexibility index (Phi) is 6.04. The maximum absolute atomic E-state index is 14.0. The third-order valence-corrected chi connectivity index (χ3v) is 5.98. The van der Waals surface area contributed by atoms with Gasteiger partial charge in [0.25, 0.3) is 0 Å². The van der Waals surface area contributed by atoms with Crippen molar-refractivity contribution in [1.29, 1.82) is 0 Å². The molecule has 0 amide bonds. The molecule has 0 bridgehead atoms. The topological polar surface area (TPSA) is 103 Å². The quantitative estimate of drug-likeness (QED) is 0.323. The zero-order valence-corrected chi connectivity index (χ0v) is 20.8. The van der Waals surface area contributed by atoms with Gasteiger partial charge < -0.3 is 10.8 Å². The van der Waals surface area contributed by atoms with Crippen molar-refractivity contribution in [3.8, 4) is 23.1 Å².